The van der Waals surface area contributed by atoms with Crippen molar-refractivity contribution in [3.8, 4) is 11.3 Å². The Morgan fingerprint density at radius 1 is 0.629 bits per heavy atom. The minimum atomic E-state index is -0.381. The Morgan fingerprint density at radius 2 is 1.14 bits per heavy atom. The smallest absolute Gasteiger partial charge is 0.456 e. The van der Waals surface area contributed by atoms with Crippen molar-refractivity contribution in [3.63, 3.8) is 0 Å². The van der Waals surface area contributed by atoms with Crippen molar-refractivity contribution < 1.29 is 23.0 Å². The second kappa shape index (κ2) is 7.25. The van der Waals surface area contributed by atoms with E-state index in [-0.39, 0.29) is 36.6 Å². The molecule has 2 aromatic carbocycles. The van der Waals surface area contributed by atoms with Crippen LogP contribution in [0.1, 0.15) is 66.5 Å². The number of hydrogen-bond acceptors (Lipinski definition) is 5. The Hall–Kier alpha value is -2.05. The SMILES string of the molecule is CC1(C)OB(c2ccc3c(c2)CCc2c-3oc3ccc(B4OC(C)(C)C(C)(C)O4)cc23)OC1(C)C. The Labute approximate surface area is 208 Å². The molecule has 0 spiro atoms. The third-order valence-corrected chi connectivity index (χ3v) is 8.88. The summed E-state index contributed by atoms with van der Waals surface area (Å²) in [7, 11) is -0.738. The van der Waals surface area contributed by atoms with Crippen LogP contribution in [0.5, 0.6) is 0 Å². The first kappa shape index (κ1) is 23.4. The van der Waals surface area contributed by atoms with Gasteiger partial charge in [0.2, 0.25) is 0 Å². The van der Waals surface area contributed by atoms with E-state index in [1.54, 1.807) is 0 Å². The summed E-state index contributed by atoms with van der Waals surface area (Å²) >= 11 is 0. The van der Waals surface area contributed by atoms with Gasteiger partial charge in [-0.3, -0.25) is 0 Å². The molecule has 2 fully saturated rings. The molecule has 0 amide bonds. The monoisotopic (exact) mass is 472 g/mol. The topological polar surface area (TPSA) is 50.1 Å². The summed E-state index contributed by atoms with van der Waals surface area (Å²) in [5.74, 6) is 0.966. The van der Waals surface area contributed by atoms with Crippen LogP contribution in [-0.2, 0) is 31.5 Å². The number of hydrogen-bond donors (Lipinski definition) is 0. The van der Waals surface area contributed by atoms with Crippen LogP contribution in [0.2, 0.25) is 0 Å². The molecule has 2 aliphatic heterocycles. The van der Waals surface area contributed by atoms with Gasteiger partial charge in [0, 0.05) is 16.5 Å². The second-order valence-corrected chi connectivity index (χ2v) is 12.3. The van der Waals surface area contributed by atoms with Crippen molar-refractivity contribution in [1.82, 2.24) is 0 Å². The van der Waals surface area contributed by atoms with Crippen molar-refractivity contribution in [3.05, 3.63) is 47.5 Å². The minimum absolute atomic E-state index is 0.353. The molecule has 0 radical (unpaired) electrons. The van der Waals surface area contributed by atoms with Crippen LogP contribution in [-0.4, -0.2) is 36.6 Å². The molecule has 3 aliphatic rings. The van der Waals surface area contributed by atoms with Crippen LogP contribution in [0.25, 0.3) is 22.3 Å². The fraction of sp³-hybridized carbons (Fsp3) is 0.500. The second-order valence-electron chi connectivity index (χ2n) is 12.3. The molecule has 0 bridgehead atoms. The summed E-state index contributed by atoms with van der Waals surface area (Å²) in [5.41, 5.74) is 5.24. The number of rotatable bonds is 2. The largest absolute Gasteiger partial charge is 0.494 e. The summed E-state index contributed by atoms with van der Waals surface area (Å²) in [6.45, 7) is 16.7. The van der Waals surface area contributed by atoms with Crippen LogP contribution in [0.4, 0.5) is 0 Å². The molecule has 1 aliphatic carbocycles. The van der Waals surface area contributed by atoms with Gasteiger partial charge in [0.1, 0.15) is 11.3 Å². The van der Waals surface area contributed by atoms with Crippen LogP contribution >= 0.6 is 0 Å². The Morgan fingerprint density at radius 3 is 1.71 bits per heavy atom. The third-order valence-electron chi connectivity index (χ3n) is 8.88. The number of aryl methyl sites for hydroxylation is 2. The molecule has 0 atom stereocenters. The average molecular weight is 472 g/mol. The molecule has 0 N–H and O–H groups in total. The van der Waals surface area contributed by atoms with Gasteiger partial charge in [-0.15, -0.1) is 0 Å². The highest BCUT2D eigenvalue weighted by molar-refractivity contribution is 6.62. The van der Waals surface area contributed by atoms with Crippen molar-refractivity contribution in [2.45, 2.75) is 90.6 Å². The lowest BCUT2D eigenvalue weighted by Crippen LogP contribution is -2.41. The van der Waals surface area contributed by atoms with Crippen LogP contribution in [0.15, 0.2) is 40.8 Å². The van der Waals surface area contributed by atoms with E-state index in [1.807, 2.05) is 6.07 Å². The summed E-state index contributed by atoms with van der Waals surface area (Å²) in [4.78, 5) is 0. The van der Waals surface area contributed by atoms with Crippen molar-refractivity contribution in [2.24, 2.45) is 0 Å². The fourth-order valence-electron chi connectivity index (χ4n) is 5.19. The van der Waals surface area contributed by atoms with E-state index < -0.39 is 0 Å². The van der Waals surface area contributed by atoms with E-state index in [9.17, 15) is 0 Å². The first-order valence-electron chi connectivity index (χ1n) is 12.7. The maximum Gasteiger partial charge on any atom is 0.494 e. The Bertz CT molecular complexity index is 1300. The summed E-state index contributed by atoms with van der Waals surface area (Å²) < 4.78 is 31.5. The maximum atomic E-state index is 6.40. The number of furan rings is 1. The lowest BCUT2D eigenvalue weighted by Gasteiger charge is -2.32. The molecule has 3 heterocycles. The lowest BCUT2D eigenvalue weighted by atomic mass is 9.75. The molecular weight excluding hydrogens is 438 g/mol. The minimum Gasteiger partial charge on any atom is -0.456 e. The summed E-state index contributed by atoms with van der Waals surface area (Å²) in [6, 6.07) is 12.8. The quantitative estimate of drug-likeness (QED) is 0.502. The standard InChI is InChI=1S/C28H34B2O5/c1-25(2)26(3,4)33-29(32-25)18-10-13-20-17(15-18)9-12-21-22-16-19(11-14-23(22)31-24(20)21)30-34-27(5,6)28(7,8)35-30/h10-11,13-16H,9,12H2,1-8H3. The molecular formula is C28H34B2O5. The molecule has 2 saturated heterocycles. The molecule has 0 saturated carbocycles. The van der Waals surface area contributed by atoms with E-state index >= 15 is 0 Å². The van der Waals surface area contributed by atoms with Gasteiger partial charge in [-0.25, -0.2) is 0 Å². The van der Waals surface area contributed by atoms with Crippen molar-refractivity contribution in [2.75, 3.05) is 0 Å². The predicted molar refractivity (Wildman–Crippen MR) is 140 cm³/mol. The molecule has 3 aromatic rings. The number of fused-ring (bicyclic) bond motifs is 5. The van der Waals surface area contributed by atoms with Crippen molar-refractivity contribution >= 4 is 36.1 Å². The van der Waals surface area contributed by atoms with Gasteiger partial charge in [0.25, 0.3) is 0 Å². The third kappa shape index (κ3) is 3.46. The molecule has 0 unspecified atom stereocenters. The van der Waals surface area contributed by atoms with Gasteiger partial charge in [-0.05, 0) is 90.8 Å². The molecule has 5 nitrogen and oxygen atoms in total. The van der Waals surface area contributed by atoms with Crippen LogP contribution < -0.4 is 10.9 Å². The summed E-state index contributed by atoms with van der Waals surface area (Å²) in [6.07, 6.45) is 1.88. The van der Waals surface area contributed by atoms with Gasteiger partial charge in [0.05, 0.1) is 22.4 Å². The van der Waals surface area contributed by atoms with Crippen LogP contribution in [0.3, 0.4) is 0 Å². The van der Waals surface area contributed by atoms with Gasteiger partial charge >= 0.3 is 14.2 Å². The van der Waals surface area contributed by atoms with Gasteiger partial charge in [-0.1, -0.05) is 30.3 Å². The van der Waals surface area contributed by atoms with Crippen molar-refractivity contribution in [1.29, 1.82) is 0 Å². The zero-order valence-corrected chi connectivity index (χ0v) is 22.1. The van der Waals surface area contributed by atoms with E-state index in [2.05, 4.69) is 85.7 Å². The van der Waals surface area contributed by atoms with E-state index in [4.69, 9.17) is 23.0 Å². The maximum absolute atomic E-state index is 6.40. The van der Waals surface area contributed by atoms with E-state index in [0.717, 1.165) is 46.1 Å². The van der Waals surface area contributed by atoms with Gasteiger partial charge in [0.15, 0.2) is 0 Å². The molecule has 1 aromatic heterocycles. The van der Waals surface area contributed by atoms with E-state index in [1.165, 1.54) is 11.1 Å². The molecule has 7 heteroatoms. The molecule has 182 valence electrons. The predicted octanol–water partition coefficient (Wildman–Crippen LogP) is 4.80. The zero-order valence-electron chi connectivity index (χ0n) is 22.1. The normalized spacial score (nSPS) is 23.5. The van der Waals surface area contributed by atoms with Crippen LogP contribution in [0, 0.1) is 0 Å². The van der Waals surface area contributed by atoms with E-state index in [0.29, 0.717) is 0 Å². The molecule has 35 heavy (non-hydrogen) atoms. The average Bonchev–Trinajstić information content (AvgIpc) is 3.33. The Balaban J connectivity index is 1.34. The first-order chi connectivity index (χ1) is 16.3. The van der Waals surface area contributed by atoms with Gasteiger partial charge < -0.3 is 23.0 Å². The number of benzene rings is 2. The lowest BCUT2D eigenvalue weighted by molar-refractivity contribution is 0.00578. The highest BCUT2D eigenvalue weighted by Gasteiger charge is 2.53. The fourth-order valence-corrected chi connectivity index (χ4v) is 5.19. The van der Waals surface area contributed by atoms with Gasteiger partial charge in [-0.2, -0.15) is 0 Å². The molecule has 6 rings (SSSR count). The zero-order chi connectivity index (χ0) is 25.0. The first-order valence-corrected chi connectivity index (χ1v) is 12.7. The Kier molecular flexibility index (Phi) is 4.84. The highest BCUT2D eigenvalue weighted by atomic mass is 16.7. The summed E-state index contributed by atoms with van der Waals surface area (Å²) in [5, 5.41) is 1.15. The highest BCUT2D eigenvalue weighted by Crippen LogP contribution is 2.41.